The summed E-state index contributed by atoms with van der Waals surface area (Å²) < 4.78 is 5.83. The van der Waals surface area contributed by atoms with Gasteiger partial charge in [-0.3, -0.25) is 0 Å². The van der Waals surface area contributed by atoms with Gasteiger partial charge in [0.25, 0.3) is 0 Å². The zero-order chi connectivity index (χ0) is 15.1. The highest BCUT2D eigenvalue weighted by Crippen LogP contribution is 2.28. The van der Waals surface area contributed by atoms with Gasteiger partial charge in [0.05, 0.1) is 17.8 Å². The van der Waals surface area contributed by atoms with Crippen molar-refractivity contribution in [1.29, 1.82) is 0 Å². The molecule has 0 heterocycles. The van der Waals surface area contributed by atoms with E-state index in [1.807, 2.05) is 12.1 Å². The van der Waals surface area contributed by atoms with Gasteiger partial charge in [-0.25, -0.2) is 0 Å². The van der Waals surface area contributed by atoms with E-state index in [1.165, 1.54) is 38.3 Å². The van der Waals surface area contributed by atoms with Crippen LogP contribution in [0.4, 0.5) is 0 Å². The lowest BCUT2D eigenvalue weighted by molar-refractivity contribution is 0.209. The van der Waals surface area contributed by atoms with Gasteiger partial charge < -0.3 is 16.2 Å². The number of guanidine groups is 1. The average Bonchev–Trinajstić information content (AvgIpc) is 2.47. The van der Waals surface area contributed by atoms with Crippen molar-refractivity contribution in [2.75, 3.05) is 6.61 Å². The molecule has 0 unspecified atom stereocenters. The summed E-state index contributed by atoms with van der Waals surface area (Å²) in [5, 5.41) is 7.85. The molecule has 21 heavy (non-hydrogen) atoms. The van der Waals surface area contributed by atoms with Crippen LogP contribution in [0.1, 0.15) is 37.7 Å². The number of rotatable bonds is 5. The molecule has 0 spiro atoms. The molecule has 0 aromatic heterocycles. The van der Waals surface area contributed by atoms with Crippen LogP contribution in [0.2, 0.25) is 5.02 Å². The zero-order valence-electron chi connectivity index (χ0n) is 12.0. The van der Waals surface area contributed by atoms with E-state index in [0.29, 0.717) is 16.7 Å². The number of nitrogens with zero attached hydrogens (tertiary/aromatic N) is 2. The molecule has 1 fully saturated rings. The van der Waals surface area contributed by atoms with Crippen LogP contribution in [0.5, 0.6) is 5.75 Å². The van der Waals surface area contributed by atoms with Crippen LogP contribution in [0.15, 0.2) is 28.4 Å². The van der Waals surface area contributed by atoms with Crippen LogP contribution in [-0.4, -0.2) is 18.8 Å². The van der Waals surface area contributed by atoms with Crippen LogP contribution in [0.25, 0.3) is 0 Å². The molecule has 0 amide bonds. The Kier molecular flexibility index (Phi) is 5.87. The Bertz CT molecular complexity index is 520. The summed E-state index contributed by atoms with van der Waals surface area (Å²) >= 11 is 6.22. The Labute approximate surface area is 130 Å². The van der Waals surface area contributed by atoms with Gasteiger partial charge in [0.1, 0.15) is 5.75 Å². The molecule has 1 saturated carbocycles. The fourth-order valence-electron chi connectivity index (χ4n) is 2.44. The highest BCUT2D eigenvalue weighted by molar-refractivity contribution is 6.32. The average molecular weight is 309 g/mol. The van der Waals surface area contributed by atoms with Crippen molar-refractivity contribution >= 4 is 23.8 Å². The van der Waals surface area contributed by atoms with Crippen LogP contribution in [0, 0.1) is 5.92 Å². The number of halogens is 1. The van der Waals surface area contributed by atoms with E-state index in [2.05, 4.69) is 10.2 Å². The molecule has 0 saturated heterocycles. The van der Waals surface area contributed by atoms with Crippen molar-refractivity contribution in [3.8, 4) is 5.75 Å². The second kappa shape index (κ2) is 7.88. The minimum Gasteiger partial charge on any atom is -0.492 e. The largest absolute Gasteiger partial charge is 0.492 e. The summed E-state index contributed by atoms with van der Waals surface area (Å²) in [7, 11) is 0. The molecule has 1 aliphatic carbocycles. The third-order valence-electron chi connectivity index (χ3n) is 3.54. The Morgan fingerprint density at radius 1 is 1.29 bits per heavy atom. The maximum atomic E-state index is 6.22. The number of benzene rings is 1. The first-order valence-corrected chi connectivity index (χ1v) is 7.57. The molecule has 114 valence electrons. The Hall–Kier alpha value is -1.75. The van der Waals surface area contributed by atoms with Gasteiger partial charge >= 0.3 is 0 Å². The predicted molar refractivity (Wildman–Crippen MR) is 86.9 cm³/mol. The molecule has 0 aliphatic heterocycles. The van der Waals surface area contributed by atoms with Crippen molar-refractivity contribution < 1.29 is 4.74 Å². The molecular weight excluding hydrogens is 288 g/mol. The Morgan fingerprint density at radius 2 is 2.05 bits per heavy atom. The molecule has 4 N–H and O–H groups in total. The first kappa shape index (κ1) is 15.6. The molecule has 0 bridgehead atoms. The van der Waals surface area contributed by atoms with E-state index in [4.69, 9.17) is 27.8 Å². The van der Waals surface area contributed by atoms with Gasteiger partial charge in [0.2, 0.25) is 5.96 Å². The molecule has 5 nitrogen and oxygen atoms in total. The van der Waals surface area contributed by atoms with Crippen LogP contribution < -0.4 is 16.2 Å². The van der Waals surface area contributed by atoms with Crippen LogP contribution >= 0.6 is 11.6 Å². The minimum atomic E-state index is -0.0789. The smallest absolute Gasteiger partial charge is 0.211 e. The van der Waals surface area contributed by atoms with Gasteiger partial charge in [-0.2, -0.15) is 5.10 Å². The standard InChI is InChI=1S/C15H21ClN4O/c16-13-8-12(9-19-20-15(17)18)6-7-14(13)21-10-11-4-2-1-3-5-11/h6-9,11H,1-5,10H2,(H4,17,18,20). The van der Waals surface area contributed by atoms with Crippen molar-refractivity contribution in [2.24, 2.45) is 27.6 Å². The summed E-state index contributed by atoms with van der Waals surface area (Å²) in [5.74, 6) is 1.28. The van der Waals surface area contributed by atoms with E-state index in [-0.39, 0.29) is 5.96 Å². The lowest BCUT2D eigenvalue weighted by atomic mass is 9.90. The molecule has 0 radical (unpaired) electrons. The van der Waals surface area contributed by atoms with E-state index >= 15 is 0 Å². The second-order valence-corrected chi connectivity index (χ2v) is 5.68. The minimum absolute atomic E-state index is 0.0789. The van der Waals surface area contributed by atoms with E-state index in [1.54, 1.807) is 6.07 Å². The summed E-state index contributed by atoms with van der Waals surface area (Å²) in [4.78, 5) is 0. The molecule has 1 aliphatic rings. The van der Waals surface area contributed by atoms with Crippen molar-refractivity contribution in [3.05, 3.63) is 28.8 Å². The molecule has 0 atom stereocenters. The van der Waals surface area contributed by atoms with Gasteiger partial charge in [0, 0.05) is 0 Å². The first-order valence-electron chi connectivity index (χ1n) is 7.19. The molecule has 6 heteroatoms. The highest BCUT2D eigenvalue weighted by Gasteiger charge is 2.14. The number of ether oxygens (including phenoxy) is 1. The third-order valence-corrected chi connectivity index (χ3v) is 3.83. The predicted octanol–water partition coefficient (Wildman–Crippen LogP) is 2.91. The van der Waals surface area contributed by atoms with Crippen molar-refractivity contribution in [1.82, 2.24) is 0 Å². The van der Waals surface area contributed by atoms with E-state index < -0.39 is 0 Å². The highest BCUT2D eigenvalue weighted by atomic mass is 35.5. The maximum Gasteiger partial charge on any atom is 0.211 e. The first-order chi connectivity index (χ1) is 10.1. The fraction of sp³-hybridized carbons (Fsp3) is 0.467. The molecule has 2 rings (SSSR count). The van der Waals surface area contributed by atoms with Gasteiger partial charge in [0.15, 0.2) is 0 Å². The summed E-state index contributed by atoms with van der Waals surface area (Å²) in [6.07, 6.45) is 8.00. The summed E-state index contributed by atoms with van der Waals surface area (Å²) in [5.41, 5.74) is 11.2. The molecular formula is C15H21ClN4O. The Balaban J connectivity index is 1.92. The zero-order valence-corrected chi connectivity index (χ0v) is 12.7. The second-order valence-electron chi connectivity index (χ2n) is 5.27. The number of hydrogen-bond donors (Lipinski definition) is 2. The Morgan fingerprint density at radius 3 is 2.71 bits per heavy atom. The number of hydrogen-bond acceptors (Lipinski definition) is 3. The topological polar surface area (TPSA) is 86.0 Å². The SMILES string of the molecule is NC(N)=NN=Cc1ccc(OCC2CCCCC2)c(Cl)c1. The molecule has 1 aromatic rings. The van der Waals surface area contributed by atoms with Crippen LogP contribution in [0.3, 0.4) is 0 Å². The van der Waals surface area contributed by atoms with E-state index in [0.717, 1.165) is 12.2 Å². The van der Waals surface area contributed by atoms with Crippen molar-refractivity contribution in [3.63, 3.8) is 0 Å². The number of nitrogens with two attached hydrogens (primary N) is 2. The van der Waals surface area contributed by atoms with Gasteiger partial charge in [-0.05, 0) is 42.5 Å². The normalized spacial score (nSPS) is 16.0. The fourth-order valence-corrected chi connectivity index (χ4v) is 2.68. The molecule has 1 aromatic carbocycles. The summed E-state index contributed by atoms with van der Waals surface area (Å²) in [6, 6.07) is 5.50. The van der Waals surface area contributed by atoms with E-state index in [9.17, 15) is 0 Å². The summed E-state index contributed by atoms with van der Waals surface area (Å²) in [6.45, 7) is 0.737. The third kappa shape index (κ3) is 5.27. The monoisotopic (exact) mass is 308 g/mol. The lowest BCUT2D eigenvalue weighted by Crippen LogP contribution is -2.21. The van der Waals surface area contributed by atoms with Crippen molar-refractivity contribution in [2.45, 2.75) is 32.1 Å². The van der Waals surface area contributed by atoms with Crippen LogP contribution in [-0.2, 0) is 0 Å². The van der Waals surface area contributed by atoms with Gasteiger partial charge in [-0.15, -0.1) is 5.10 Å². The van der Waals surface area contributed by atoms with Gasteiger partial charge in [-0.1, -0.05) is 30.9 Å². The quantitative estimate of drug-likeness (QED) is 0.498. The lowest BCUT2D eigenvalue weighted by Gasteiger charge is -2.21. The maximum absolute atomic E-state index is 6.22.